The van der Waals surface area contributed by atoms with Crippen molar-refractivity contribution in [1.29, 1.82) is 0 Å². The molecule has 0 spiro atoms. The van der Waals surface area contributed by atoms with Gasteiger partial charge in [-0.15, -0.1) is 0 Å². The van der Waals surface area contributed by atoms with E-state index in [0.717, 1.165) is 0 Å². The maximum atomic E-state index is 12.4. The molecular weight excluding hydrogens is 387 g/mol. The van der Waals surface area contributed by atoms with Gasteiger partial charge in [0.1, 0.15) is 5.75 Å². The summed E-state index contributed by atoms with van der Waals surface area (Å²) < 4.78 is 37.3. The number of azo groups is 1. The average molecular weight is 400 g/mol. The number of halogens is 1. The predicted molar refractivity (Wildman–Crippen MR) is 99.9 cm³/mol. The normalized spacial score (nSPS) is 11.3. The van der Waals surface area contributed by atoms with Gasteiger partial charge in [0.15, 0.2) is 0 Å². The summed E-state index contributed by atoms with van der Waals surface area (Å²) in [4.78, 5) is 16.0. The summed E-state index contributed by atoms with van der Waals surface area (Å²) in [6.07, 6.45) is 3.16. The molecule has 0 fully saturated rings. The van der Waals surface area contributed by atoms with Gasteiger partial charge in [-0.1, -0.05) is 3.89 Å². The molecule has 0 atom stereocenters. The van der Waals surface area contributed by atoms with Crippen LogP contribution >= 0.6 is 0 Å². The molecule has 3 rings (SSSR count). The Kier molecular flexibility index (Phi) is 5.70. The first-order valence-corrected chi connectivity index (χ1v) is 9.17. The van der Waals surface area contributed by atoms with Gasteiger partial charge in [-0.3, -0.25) is 9.78 Å². The number of hydrogen-bond donors (Lipinski definition) is 1. The molecule has 0 unspecified atom stereocenters. The van der Waals surface area contributed by atoms with E-state index in [2.05, 4.69) is 24.7 Å². The Morgan fingerprint density at radius 2 is 1.43 bits per heavy atom. The van der Waals surface area contributed by atoms with Crippen LogP contribution in [0.5, 0.6) is 5.75 Å². The van der Waals surface area contributed by atoms with Gasteiger partial charge in [-0.05, 0) is 60.7 Å². The molecular formula is C18H13FN4O4S. The highest BCUT2D eigenvalue weighted by molar-refractivity contribution is 7.81. The second kappa shape index (κ2) is 8.35. The first-order chi connectivity index (χ1) is 13.4. The first-order valence-electron chi connectivity index (χ1n) is 7.86. The van der Waals surface area contributed by atoms with Crippen LogP contribution in [0.25, 0.3) is 0 Å². The summed E-state index contributed by atoms with van der Waals surface area (Å²) in [6.45, 7) is 0. The monoisotopic (exact) mass is 400 g/mol. The summed E-state index contributed by atoms with van der Waals surface area (Å²) in [5.41, 5.74) is 2.00. The molecule has 3 aromatic rings. The molecule has 1 aromatic heterocycles. The number of anilines is 1. The van der Waals surface area contributed by atoms with Crippen molar-refractivity contribution in [2.24, 2.45) is 10.2 Å². The number of carbonyl (C=O) groups is 1. The fourth-order valence-corrected chi connectivity index (χ4v) is 2.46. The van der Waals surface area contributed by atoms with E-state index >= 15 is 0 Å². The number of nitrogens with one attached hydrogen (secondary N) is 1. The molecule has 0 saturated heterocycles. The highest BCUT2D eigenvalue weighted by atomic mass is 32.3. The van der Waals surface area contributed by atoms with Crippen molar-refractivity contribution in [1.82, 2.24) is 4.98 Å². The molecule has 0 bridgehead atoms. The number of benzene rings is 2. The number of nitrogens with zero attached hydrogens (tertiary/aromatic N) is 3. The van der Waals surface area contributed by atoms with E-state index in [9.17, 15) is 17.1 Å². The average Bonchev–Trinajstić information content (AvgIpc) is 2.67. The van der Waals surface area contributed by atoms with Gasteiger partial charge in [0.2, 0.25) is 0 Å². The van der Waals surface area contributed by atoms with Gasteiger partial charge in [0, 0.05) is 23.6 Å². The van der Waals surface area contributed by atoms with Crippen molar-refractivity contribution < 1.29 is 21.3 Å². The minimum atomic E-state index is -5.07. The Bertz CT molecular complexity index is 1090. The molecule has 0 radical (unpaired) electrons. The second-order valence-electron chi connectivity index (χ2n) is 5.41. The van der Waals surface area contributed by atoms with Gasteiger partial charge in [-0.2, -0.15) is 18.6 Å². The number of hydrogen-bond acceptors (Lipinski definition) is 7. The molecule has 2 aromatic carbocycles. The Hall–Kier alpha value is -3.66. The van der Waals surface area contributed by atoms with Crippen LogP contribution in [-0.4, -0.2) is 19.3 Å². The topological polar surface area (TPSA) is 110 Å². The lowest BCUT2D eigenvalue weighted by atomic mass is 10.2. The van der Waals surface area contributed by atoms with E-state index in [1.807, 2.05) is 0 Å². The molecule has 0 aliphatic rings. The van der Waals surface area contributed by atoms with E-state index in [1.54, 1.807) is 48.8 Å². The smallest absolute Gasteiger partial charge is 0.358 e. The van der Waals surface area contributed by atoms with Crippen LogP contribution in [0.1, 0.15) is 10.4 Å². The Labute approximate surface area is 160 Å². The van der Waals surface area contributed by atoms with Crippen molar-refractivity contribution in [2.45, 2.75) is 0 Å². The Morgan fingerprint density at radius 1 is 0.893 bits per heavy atom. The molecule has 0 aliphatic carbocycles. The molecule has 0 aliphatic heterocycles. The summed E-state index contributed by atoms with van der Waals surface area (Å²) >= 11 is 0. The van der Waals surface area contributed by atoms with Gasteiger partial charge in [0.05, 0.1) is 11.4 Å². The Morgan fingerprint density at radius 3 is 1.96 bits per heavy atom. The maximum Gasteiger partial charge on any atom is 0.488 e. The minimum absolute atomic E-state index is 0.175. The van der Waals surface area contributed by atoms with Crippen molar-refractivity contribution in [3.8, 4) is 5.75 Å². The van der Waals surface area contributed by atoms with Crippen LogP contribution < -0.4 is 9.50 Å². The van der Waals surface area contributed by atoms with Crippen LogP contribution in [0.3, 0.4) is 0 Å². The van der Waals surface area contributed by atoms with Crippen molar-refractivity contribution in [3.05, 3.63) is 78.6 Å². The lowest BCUT2D eigenvalue weighted by molar-refractivity contribution is 0.102. The quantitative estimate of drug-likeness (QED) is 0.489. The van der Waals surface area contributed by atoms with Gasteiger partial charge in [-0.25, -0.2) is 0 Å². The zero-order chi connectivity index (χ0) is 20.0. The zero-order valence-electron chi connectivity index (χ0n) is 14.2. The lowest BCUT2D eigenvalue weighted by Gasteiger charge is -2.04. The molecule has 1 N–H and O–H groups in total. The van der Waals surface area contributed by atoms with Crippen LogP contribution in [0.2, 0.25) is 0 Å². The standard InChI is InChI=1S/C18H13FN4O4S/c19-28(25,26)27-17-7-5-16(6-8-17)23-22-15-3-1-13(2-4-15)18(24)21-14-9-11-20-12-10-14/h1-12H,(H,20,21,24)/b23-22+. The third-order valence-electron chi connectivity index (χ3n) is 3.38. The van der Waals surface area contributed by atoms with E-state index < -0.39 is 10.5 Å². The van der Waals surface area contributed by atoms with E-state index in [0.29, 0.717) is 22.6 Å². The highest BCUT2D eigenvalue weighted by Crippen LogP contribution is 2.22. The third kappa shape index (κ3) is 5.68. The number of pyridine rings is 1. The SMILES string of the molecule is O=C(Nc1ccncc1)c1ccc(/N=N/c2ccc(OS(=O)(=O)F)cc2)cc1. The van der Waals surface area contributed by atoms with Gasteiger partial charge >= 0.3 is 10.5 Å². The maximum absolute atomic E-state index is 12.4. The number of carbonyl (C=O) groups excluding carboxylic acids is 1. The molecule has 10 heteroatoms. The summed E-state index contributed by atoms with van der Waals surface area (Å²) in [5, 5.41) is 10.7. The Balaban J connectivity index is 1.63. The van der Waals surface area contributed by atoms with Gasteiger partial charge < -0.3 is 9.50 Å². The zero-order valence-corrected chi connectivity index (χ0v) is 15.0. The summed E-state index contributed by atoms with van der Waals surface area (Å²) in [5.74, 6) is -0.445. The summed E-state index contributed by atoms with van der Waals surface area (Å²) in [6, 6.07) is 15.1. The van der Waals surface area contributed by atoms with Crippen LogP contribution in [0.15, 0.2) is 83.3 Å². The van der Waals surface area contributed by atoms with Crippen molar-refractivity contribution in [2.75, 3.05) is 5.32 Å². The second-order valence-corrected chi connectivity index (χ2v) is 6.36. The molecule has 0 saturated carbocycles. The fourth-order valence-electron chi connectivity index (χ4n) is 2.12. The van der Waals surface area contributed by atoms with E-state index in [4.69, 9.17) is 0 Å². The third-order valence-corrected chi connectivity index (χ3v) is 3.77. The fraction of sp³-hybridized carbons (Fsp3) is 0. The van der Waals surface area contributed by atoms with Crippen LogP contribution in [-0.2, 0) is 10.5 Å². The number of amides is 1. The predicted octanol–water partition coefficient (Wildman–Crippen LogP) is 4.34. The molecule has 8 nitrogen and oxygen atoms in total. The van der Waals surface area contributed by atoms with Crippen molar-refractivity contribution >= 4 is 33.5 Å². The van der Waals surface area contributed by atoms with E-state index in [-0.39, 0.29) is 11.7 Å². The highest BCUT2D eigenvalue weighted by Gasteiger charge is 2.09. The first kappa shape index (κ1) is 19.1. The van der Waals surface area contributed by atoms with Crippen LogP contribution in [0, 0.1) is 0 Å². The van der Waals surface area contributed by atoms with Gasteiger partial charge in [0.25, 0.3) is 5.91 Å². The lowest BCUT2D eigenvalue weighted by Crippen LogP contribution is -2.11. The molecule has 1 heterocycles. The van der Waals surface area contributed by atoms with Crippen molar-refractivity contribution in [3.63, 3.8) is 0 Å². The minimum Gasteiger partial charge on any atom is -0.358 e. The number of aromatic nitrogens is 1. The number of rotatable bonds is 6. The van der Waals surface area contributed by atoms with E-state index in [1.165, 1.54) is 24.3 Å². The molecule has 1 amide bonds. The molecule has 142 valence electrons. The largest absolute Gasteiger partial charge is 0.488 e. The summed E-state index contributed by atoms with van der Waals surface area (Å²) in [7, 11) is -5.07. The van der Waals surface area contributed by atoms with Crippen LogP contribution in [0.4, 0.5) is 20.9 Å². The molecule has 28 heavy (non-hydrogen) atoms.